The molecule has 3 heteroatoms. The molecule has 2 rings (SSSR count). The Bertz CT molecular complexity index is 440. The lowest BCUT2D eigenvalue weighted by molar-refractivity contribution is 1.31. The summed E-state index contributed by atoms with van der Waals surface area (Å²) in [6, 6.07) is 8.37. The maximum Gasteiger partial charge on any atom is 0.113 e. The monoisotopic (exact) mass is 299 g/mol. The van der Waals surface area contributed by atoms with Crippen LogP contribution in [0.15, 0.2) is 35.1 Å². The summed E-state index contributed by atoms with van der Waals surface area (Å²) in [5.41, 5.74) is 1.28. The van der Waals surface area contributed by atoms with Crippen LogP contribution in [0.2, 0.25) is 0 Å². The normalized spacial score (nSPS) is 10.6. The topological polar surface area (TPSA) is 12.9 Å². The van der Waals surface area contributed by atoms with E-state index in [1.54, 1.807) is 0 Å². The molecule has 0 aliphatic rings. The molecule has 0 unspecified atom stereocenters. The van der Waals surface area contributed by atoms with Crippen molar-refractivity contribution in [3.05, 3.63) is 40.6 Å². The van der Waals surface area contributed by atoms with E-state index < -0.39 is 0 Å². The molecular weight excluding hydrogens is 294 g/mol. The van der Waals surface area contributed by atoms with Crippen LogP contribution < -0.4 is 0 Å². The van der Waals surface area contributed by atoms with Crippen LogP contribution in [-0.4, -0.2) is 4.98 Å². The smallest absolute Gasteiger partial charge is 0.113 e. The molecule has 0 aliphatic carbocycles. The highest BCUT2D eigenvalue weighted by Crippen LogP contribution is 2.23. The molecule has 0 aliphatic heterocycles. The maximum atomic E-state index is 4.17. The van der Waals surface area contributed by atoms with Crippen molar-refractivity contribution in [3.8, 4) is 0 Å². The van der Waals surface area contributed by atoms with E-state index in [2.05, 4.69) is 55.0 Å². The standard InChI is InChI=1S/C10H7Br2N/c11-6-7-1-2-9-8(5-7)3-4-13-10(9)12/h1-5H,6H2. The minimum Gasteiger partial charge on any atom is -0.249 e. The minimum absolute atomic E-state index is 0.892. The first-order valence-electron chi connectivity index (χ1n) is 3.90. The number of halogens is 2. The van der Waals surface area contributed by atoms with Crippen LogP contribution in [-0.2, 0) is 5.33 Å². The highest BCUT2D eigenvalue weighted by Gasteiger charge is 1.99. The van der Waals surface area contributed by atoms with Gasteiger partial charge in [0.2, 0.25) is 0 Å². The van der Waals surface area contributed by atoms with Gasteiger partial charge in [0, 0.05) is 16.9 Å². The molecule has 1 aromatic carbocycles. The number of hydrogen-bond donors (Lipinski definition) is 0. The van der Waals surface area contributed by atoms with E-state index in [0.29, 0.717) is 0 Å². The molecule has 1 aromatic heterocycles. The Kier molecular flexibility index (Phi) is 2.65. The Morgan fingerprint density at radius 1 is 1.23 bits per heavy atom. The summed E-state index contributed by atoms with van der Waals surface area (Å²) in [5, 5.41) is 3.27. The molecule has 0 bridgehead atoms. The molecule has 0 N–H and O–H groups in total. The number of alkyl halides is 1. The Morgan fingerprint density at radius 3 is 2.85 bits per heavy atom. The lowest BCUT2D eigenvalue weighted by Crippen LogP contribution is -1.81. The molecule has 0 amide bonds. The minimum atomic E-state index is 0.892. The predicted octanol–water partition coefficient (Wildman–Crippen LogP) is 3.89. The van der Waals surface area contributed by atoms with Crippen LogP contribution in [0.5, 0.6) is 0 Å². The summed E-state index contributed by atoms with van der Waals surface area (Å²) >= 11 is 6.85. The van der Waals surface area contributed by atoms with Crippen molar-refractivity contribution in [2.75, 3.05) is 0 Å². The Hall–Kier alpha value is -0.410. The summed E-state index contributed by atoms with van der Waals surface area (Å²) in [5.74, 6) is 0. The molecular formula is C10H7Br2N. The molecule has 13 heavy (non-hydrogen) atoms. The molecule has 0 saturated carbocycles. The van der Waals surface area contributed by atoms with Crippen LogP contribution in [0.3, 0.4) is 0 Å². The van der Waals surface area contributed by atoms with Gasteiger partial charge in [-0.2, -0.15) is 0 Å². The number of pyridine rings is 1. The second-order valence-electron chi connectivity index (χ2n) is 2.79. The van der Waals surface area contributed by atoms with Gasteiger partial charge >= 0.3 is 0 Å². The first kappa shape index (κ1) is 9.16. The first-order valence-corrected chi connectivity index (χ1v) is 5.82. The van der Waals surface area contributed by atoms with Crippen molar-refractivity contribution in [2.45, 2.75) is 5.33 Å². The third kappa shape index (κ3) is 1.76. The Labute approximate surface area is 93.4 Å². The first-order chi connectivity index (χ1) is 6.31. The number of fused-ring (bicyclic) bond motifs is 1. The van der Waals surface area contributed by atoms with Crippen LogP contribution in [0, 0.1) is 0 Å². The van der Waals surface area contributed by atoms with Gasteiger partial charge in [0.05, 0.1) is 0 Å². The fourth-order valence-corrected chi connectivity index (χ4v) is 2.10. The summed E-state index contributed by atoms with van der Waals surface area (Å²) < 4.78 is 0.908. The van der Waals surface area contributed by atoms with Crippen molar-refractivity contribution in [2.24, 2.45) is 0 Å². The average Bonchev–Trinajstić information content (AvgIpc) is 2.18. The molecule has 0 saturated heterocycles. The highest BCUT2D eigenvalue weighted by molar-refractivity contribution is 9.10. The molecule has 0 fully saturated rings. The Morgan fingerprint density at radius 2 is 2.08 bits per heavy atom. The summed E-state index contributed by atoms with van der Waals surface area (Å²) in [6.45, 7) is 0. The highest BCUT2D eigenvalue weighted by atomic mass is 79.9. The summed E-state index contributed by atoms with van der Waals surface area (Å²) in [7, 11) is 0. The molecule has 0 atom stereocenters. The summed E-state index contributed by atoms with van der Waals surface area (Å²) in [6.07, 6.45) is 1.81. The quantitative estimate of drug-likeness (QED) is 0.575. The van der Waals surface area contributed by atoms with E-state index in [4.69, 9.17) is 0 Å². The van der Waals surface area contributed by atoms with E-state index in [1.165, 1.54) is 10.9 Å². The fraction of sp³-hybridized carbons (Fsp3) is 0.100. The fourth-order valence-electron chi connectivity index (χ4n) is 1.27. The van der Waals surface area contributed by atoms with Crippen molar-refractivity contribution >= 4 is 42.6 Å². The van der Waals surface area contributed by atoms with Crippen LogP contribution >= 0.6 is 31.9 Å². The van der Waals surface area contributed by atoms with E-state index in [1.807, 2.05) is 12.3 Å². The van der Waals surface area contributed by atoms with Crippen LogP contribution in [0.25, 0.3) is 10.8 Å². The van der Waals surface area contributed by atoms with Crippen LogP contribution in [0.1, 0.15) is 5.56 Å². The molecule has 0 radical (unpaired) electrons. The largest absolute Gasteiger partial charge is 0.249 e. The van der Waals surface area contributed by atoms with E-state index in [-0.39, 0.29) is 0 Å². The third-order valence-corrected chi connectivity index (χ3v) is 3.21. The van der Waals surface area contributed by atoms with Gasteiger partial charge in [-0.1, -0.05) is 34.1 Å². The SMILES string of the molecule is BrCc1ccc2c(Br)nccc2c1. The van der Waals surface area contributed by atoms with Gasteiger partial charge in [0.1, 0.15) is 4.60 Å². The van der Waals surface area contributed by atoms with Gasteiger partial charge < -0.3 is 0 Å². The second-order valence-corrected chi connectivity index (χ2v) is 4.10. The average molecular weight is 301 g/mol. The maximum absolute atomic E-state index is 4.17. The predicted molar refractivity (Wildman–Crippen MR) is 62.1 cm³/mol. The number of benzene rings is 1. The van der Waals surface area contributed by atoms with Crippen molar-refractivity contribution < 1.29 is 0 Å². The van der Waals surface area contributed by atoms with Crippen molar-refractivity contribution in [3.63, 3.8) is 0 Å². The zero-order chi connectivity index (χ0) is 9.26. The number of rotatable bonds is 1. The van der Waals surface area contributed by atoms with Crippen LogP contribution in [0.4, 0.5) is 0 Å². The lowest BCUT2D eigenvalue weighted by Gasteiger charge is -2.01. The zero-order valence-corrected chi connectivity index (χ0v) is 9.97. The number of nitrogens with zero attached hydrogens (tertiary/aromatic N) is 1. The van der Waals surface area contributed by atoms with E-state index in [0.717, 1.165) is 15.3 Å². The van der Waals surface area contributed by atoms with Gasteiger partial charge in [-0.05, 0) is 32.9 Å². The molecule has 66 valence electrons. The second kappa shape index (κ2) is 3.76. The van der Waals surface area contributed by atoms with E-state index in [9.17, 15) is 0 Å². The molecule has 1 nitrogen and oxygen atoms in total. The zero-order valence-electron chi connectivity index (χ0n) is 6.80. The third-order valence-electron chi connectivity index (χ3n) is 1.93. The van der Waals surface area contributed by atoms with Crippen molar-refractivity contribution in [1.82, 2.24) is 4.98 Å². The van der Waals surface area contributed by atoms with Gasteiger partial charge in [-0.15, -0.1) is 0 Å². The van der Waals surface area contributed by atoms with Gasteiger partial charge in [-0.25, -0.2) is 4.98 Å². The molecule has 1 heterocycles. The van der Waals surface area contributed by atoms with Gasteiger partial charge in [0.15, 0.2) is 0 Å². The number of hydrogen-bond acceptors (Lipinski definition) is 1. The Balaban J connectivity index is 2.72. The molecule has 2 aromatic rings. The van der Waals surface area contributed by atoms with Gasteiger partial charge in [0.25, 0.3) is 0 Å². The van der Waals surface area contributed by atoms with E-state index >= 15 is 0 Å². The van der Waals surface area contributed by atoms with Crippen molar-refractivity contribution in [1.29, 1.82) is 0 Å². The number of aromatic nitrogens is 1. The van der Waals surface area contributed by atoms with Gasteiger partial charge in [-0.3, -0.25) is 0 Å². The molecule has 0 spiro atoms. The summed E-state index contributed by atoms with van der Waals surface area (Å²) in [4.78, 5) is 4.17. The lowest BCUT2D eigenvalue weighted by atomic mass is 10.1.